The van der Waals surface area contributed by atoms with Gasteiger partial charge in [-0.1, -0.05) is 59.6 Å². The molecule has 0 spiro atoms. The highest BCUT2D eigenvalue weighted by molar-refractivity contribution is 7.14. The van der Waals surface area contributed by atoms with E-state index in [-0.39, 0.29) is 0 Å². The van der Waals surface area contributed by atoms with Crippen molar-refractivity contribution in [3.63, 3.8) is 0 Å². The summed E-state index contributed by atoms with van der Waals surface area (Å²) in [6.45, 7) is 1.94. The average Bonchev–Trinajstić information content (AvgIpc) is 3.28. The Hall–Kier alpha value is -3.68. The van der Waals surface area contributed by atoms with Crippen LogP contribution in [0.5, 0.6) is 0 Å². The van der Waals surface area contributed by atoms with E-state index >= 15 is 0 Å². The zero-order valence-electron chi connectivity index (χ0n) is 17.1. The van der Waals surface area contributed by atoms with Crippen LogP contribution in [0.15, 0.2) is 84.2 Å². The highest BCUT2D eigenvalue weighted by Crippen LogP contribution is 2.28. The molecular formula is C24H19ClN4O2S. The third-order valence-corrected chi connectivity index (χ3v) is 5.66. The number of nitrogens with zero attached hydrogens (tertiary/aromatic N) is 2. The summed E-state index contributed by atoms with van der Waals surface area (Å²) >= 11 is 7.21. The maximum atomic E-state index is 13.1. The fourth-order valence-corrected chi connectivity index (χ4v) is 3.79. The second-order valence-electron chi connectivity index (χ2n) is 6.96. The van der Waals surface area contributed by atoms with Gasteiger partial charge in [0.05, 0.1) is 5.69 Å². The lowest BCUT2D eigenvalue weighted by atomic mass is 10.1. The molecule has 0 aliphatic heterocycles. The number of benzene rings is 3. The molecule has 0 atom stereocenters. The number of rotatable bonds is 4. The topological polar surface area (TPSA) is 74.3 Å². The number of thiazole rings is 1. The minimum absolute atomic E-state index is 0.323. The lowest BCUT2D eigenvalue weighted by molar-refractivity contribution is 0.0951. The number of anilines is 2. The van der Waals surface area contributed by atoms with Crippen LogP contribution >= 0.6 is 22.9 Å². The maximum absolute atomic E-state index is 13.1. The summed E-state index contributed by atoms with van der Waals surface area (Å²) in [4.78, 5) is 30.5. The Morgan fingerprint density at radius 2 is 1.62 bits per heavy atom. The van der Waals surface area contributed by atoms with E-state index in [1.165, 1.54) is 11.3 Å². The predicted octanol–water partition coefficient (Wildman–Crippen LogP) is 6.16. The molecule has 160 valence electrons. The van der Waals surface area contributed by atoms with E-state index in [1.807, 2.05) is 54.8 Å². The highest BCUT2D eigenvalue weighted by Gasteiger charge is 2.23. The van der Waals surface area contributed by atoms with Crippen molar-refractivity contribution in [3.8, 4) is 11.3 Å². The Bertz CT molecular complexity index is 1230. The van der Waals surface area contributed by atoms with Gasteiger partial charge in [-0.05, 0) is 43.3 Å². The van der Waals surface area contributed by atoms with Gasteiger partial charge >= 0.3 is 6.03 Å². The van der Waals surface area contributed by atoms with Crippen molar-refractivity contribution in [1.29, 1.82) is 0 Å². The monoisotopic (exact) mass is 462 g/mol. The minimum Gasteiger partial charge on any atom is -0.306 e. The zero-order chi connectivity index (χ0) is 22.5. The van der Waals surface area contributed by atoms with Crippen molar-refractivity contribution in [2.75, 3.05) is 10.3 Å². The van der Waals surface area contributed by atoms with Crippen LogP contribution in [-0.2, 0) is 0 Å². The number of hydrogen-bond donors (Lipinski definition) is 2. The number of hydrazine groups is 1. The summed E-state index contributed by atoms with van der Waals surface area (Å²) in [7, 11) is 0. The number of para-hydroxylation sites is 1. The van der Waals surface area contributed by atoms with E-state index in [0.29, 0.717) is 27.1 Å². The van der Waals surface area contributed by atoms with Gasteiger partial charge in [0.2, 0.25) is 5.13 Å². The quantitative estimate of drug-likeness (QED) is 0.357. The first kappa shape index (κ1) is 21.5. The lowest BCUT2D eigenvalue weighted by Gasteiger charge is -2.21. The van der Waals surface area contributed by atoms with Crippen LogP contribution in [0.3, 0.4) is 0 Å². The number of aryl methyl sites for hydroxylation is 1. The summed E-state index contributed by atoms with van der Waals surface area (Å²) < 4.78 is 0. The molecule has 0 unspecified atom stereocenters. The van der Waals surface area contributed by atoms with Gasteiger partial charge in [-0.25, -0.2) is 9.78 Å². The molecule has 1 aromatic heterocycles. The molecule has 32 heavy (non-hydrogen) atoms. The molecule has 1 heterocycles. The van der Waals surface area contributed by atoms with Crippen LogP contribution < -0.4 is 15.8 Å². The zero-order valence-corrected chi connectivity index (χ0v) is 18.7. The molecular weight excluding hydrogens is 444 g/mol. The second kappa shape index (κ2) is 9.64. The largest absolute Gasteiger partial charge is 0.347 e. The Labute approximate surface area is 194 Å². The molecule has 3 aromatic carbocycles. The summed E-state index contributed by atoms with van der Waals surface area (Å²) in [5.74, 6) is -0.420. The smallest absolute Gasteiger partial charge is 0.306 e. The van der Waals surface area contributed by atoms with Crippen molar-refractivity contribution in [2.24, 2.45) is 0 Å². The van der Waals surface area contributed by atoms with Crippen LogP contribution in [0.1, 0.15) is 15.9 Å². The minimum atomic E-state index is -0.534. The SMILES string of the molecule is Cc1ccc(C(=O)NN(C(=O)Nc2ccccc2)c2nc(-c3ccc(Cl)cc3)cs2)cc1. The number of carbonyl (C=O) groups is 2. The molecule has 0 saturated heterocycles. The normalized spacial score (nSPS) is 10.4. The van der Waals surface area contributed by atoms with Gasteiger partial charge in [-0.15, -0.1) is 11.3 Å². The third-order valence-electron chi connectivity index (χ3n) is 4.58. The molecule has 0 fully saturated rings. The van der Waals surface area contributed by atoms with Gasteiger partial charge in [0.15, 0.2) is 0 Å². The van der Waals surface area contributed by atoms with Crippen LogP contribution in [0.4, 0.5) is 15.6 Å². The molecule has 0 saturated carbocycles. The summed E-state index contributed by atoms with van der Waals surface area (Å²) in [6, 6.07) is 22.8. The number of aromatic nitrogens is 1. The van der Waals surface area contributed by atoms with Gasteiger partial charge in [0.1, 0.15) is 0 Å². The molecule has 0 aliphatic carbocycles. The lowest BCUT2D eigenvalue weighted by Crippen LogP contribution is -2.48. The van der Waals surface area contributed by atoms with Crippen LogP contribution in [0, 0.1) is 6.92 Å². The first-order valence-corrected chi connectivity index (χ1v) is 11.0. The van der Waals surface area contributed by atoms with Gasteiger partial charge in [-0.2, -0.15) is 5.01 Å². The standard InChI is InChI=1S/C24H19ClN4O2S/c1-16-7-9-18(10-8-16)22(30)28-29(23(31)26-20-5-3-2-4-6-20)24-27-21(15-32-24)17-11-13-19(25)14-12-17/h2-15H,1H3,(H,26,31)(H,28,30). The van der Waals surface area contributed by atoms with Crippen LogP contribution in [0.2, 0.25) is 5.02 Å². The van der Waals surface area contributed by atoms with Crippen LogP contribution in [0.25, 0.3) is 11.3 Å². The van der Waals surface area contributed by atoms with Crippen molar-refractivity contribution in [1.82, 2.24) is 10.4 Å². The first-order chi connectivity index (χ1) is 15.5. The fraction of sp³-hybridized carbons (Fsp3) is 0.0417. The van der Waals surface area contributed by atoms with Crippen molar-refractivity contribution >= 4 is 45.7 Å². The Morgan fingerprint density at radius 3 is 2.31 bits per heavy atom. The predicted molar refractivity (Wildman–Crippen MR) is 129 cm³/mol. The first-order valence-electron chi connectivity index (χ1n) is 9.75. The fourth-order valence-electron chi connectivity index (χ4n) is 2.88. The number of nitrogens with one attached hydrogen (secondary N) is 2. The molecule has 0 radical (unpaired) electrons. The van der Waals surface area contributed by atoms with Gasteiger partial charge in [0, 0.05) is 27.2 Å². The molecule has 4 aromatic rings. The second-order valence-corrected chi connectivity index (χ2v) is 8.23. The van der Waals surface area contributed by atoms with Gasteiger partial charge in [-0.3, -0.25) is 10.2 Å². The molecule has 3 amide bonds. The maximum Gasteiger partial charge on any atom is 0.347 e. The number of amides is 3. The Morgan fingerprint density at radius 1 is 0.938 bits per heavy atom. The third kappa shape index (κ3) is 5.14. The van der Waals surface area contributed by atoms with E-state index in [1.54, 1.807) is 36.4 Å². The van der Waals surface area contributed by atoms with Crippen molar-refractivity contribution < 1.29 is 9.59 Å². The molecule has 4 rings (SSSR count). The van der Waals surface area contributed by atoms with Crippen molar-refractivity contribution in [2.45, 2.75) is 6.92 Å². The number of halogens is 1. The van der Waals surface area contributed by atoms with E-state index in [2.05, 4.69) is 15.7 Å². The Kier molecular flexibility index (Phi) is 6.49. The highest BCUT2D eigenvalue weighted by atomic mass is 35.5. The van der Waals surface area contributed by atoms with Crippen molar-refractivity contribution in [3.05, 3.63) is 100 Å². The molecule has 0 aliphatic rings. The average molecular weight is 463 g/mol. The summed E-state index contributed by atoms with van der Waals surface area (Å²) in [5, 5.41) is 6.67. The molecule has 2 N–H and O–H groups in total. The molecule has 8 heteroatoms. The van der Waals surface area contributed by atoms with Gasteiger partial charge < -0.3 is 5.32 Å². The van der Waals surface area contributed by atoms with E-state index in [4.69, 9.17) is 11.6 Å². The van der Waals surface area contributed by atoms with E-state index < -0.39 is 11.9 Å². The number of urea groups is 1. The van der Waals surface area contributed by atoms with Crippen LogP contribution in [-0.4, -0.2) is 16.9 Å². The van der Waals surface area contributed by atoms with Gasteiger partial charge in [0.25, 0.3) is 5.91 Å². The molecule has 6 nitrogen and oxygen atoms in total. The number of hydrogen-bond acceptors (Lipinski definition) is 4. The summed E-state index contributed by atoms with van der Waals surface area (Å²) in [5.41, 5.74) is 6.26. The summed E-state index contributed by atoms with van der Waals surface area (Å²) in [6.07, 6.45) is 0. The van der Waals surface area contributed by atoms with E-state index in [0.717, 1.165) is 16.1 Å². The van der Waals surface area contributed by atoms with E-state index in [9.17, 15) is 9.59 Å². The Balaban J connectivity index is 1.62. The number of carbonyl (C=O) groups excluding carboxylic acids is 2. The molecule has 0 bridgehead atoms.